The van der Waals surface area contributed by atoms with E-state index in [-0.39, 0.29) is 0 Å². The van der Waals surface area contributed by atoms with Crippen LogP contribution in [-0.4, -0.2) is 6.61 Å². The van der Waals surface area contributed by atoms with Gasteiger partial charge in [0.05, 0.1) is 6.61 Å². The Kier molecular flexibility index (Phi) is 6.98. The molecule has 0 fully saturated rings. The summed E-state index contributed by atoms with van der Waals surface area (Å²) in [5, 5.41) is 4.29. The molecule has 0 N–H and O–H groups in total. The predicted octanol–water partition coefficient (Wildman–Crippen LogP) is 6.65. The molecule has 0 amide bonds. The first-order valence-electron chi connectivity index (χ1n) is 8.40. The van der Waals surface area contributed by atoms with Gasteiger partial charge in [0.25, 0.3) is 0 Å². The normalized spacial score (nSPS) is 12.5. The van der Waals surface area contributed by atoms with Crippen LogP contribution in [0, 0.1) is 11.8 Å². The number of ether oxygens (including phenoxy) is 1. The number of hydrogen-bond acceptors (Lipinski definition) is 2. The van der Waals surface area contributed by atoms with E-state index in [1.165, 1.54) is 30.4 Å². The fourth-order valence-corrected chi connectivity index (χ4v) is 3.23. The molecule has 0 aliphatic carbocycles. The van der Waals surface area contributed by atoms with Gasteiger partial charge in [-0.2, -0.15) is 11.3 Å². The SMILES string of the molecule is CC(C)CCCC(C)CCOc1ccc(-c2ccsc2)cc1. The fraction of sp³-hybridized carbons (Fsp3) is 0.500. The van der Waals surface area contributed by atoms with Crippen molar-refractivity contribution in [1.29, 1.82) is 0 Å². The maximum Gasteiger partial charge on any atom is 0.119 e. The van der Waals surface area contributed by atoms with Crippen molar-refractivity contribution in [2.24, 2.45) is 11.8 Å². The first kappa shape index (κ1) is 17.1. The molecule has 0 aliphatic heterocycles. The molecule has 1 atom stereocenters. The summed E-state index contributed by atoms with van der Waals surface area (Å²) in [7, 11) is 0. The third-order valence-electron chi connectivity index (χ3n) is 4.07. The van der Waals surface area contributed by atoms with Crippen LogP contribution in [0.25, 0.3) is 11.1 Å². The van der Waals surface area contributed by atoms with E-state index in [4.69, 9.17) is 4.74 Å². The zero-order valence-electron chi connectivity index (χ0n) is 14.0. The highest BCUT2D eigenvalue weighted by Gasteiger charge is 2.04. The largest absolute Gasteiger partial charge is 0.494 e. The summed E-state index contributed by atoms with van der Waals surface area (Å²) in [6.07, 6.45) is 5.15. The van der Waals surface area contributed by atoms with Crippen molar-refractivity contribution >= 4 is 11.3 Å². The Labute approximate surface area is 139 Å². The second-order valence-electron chi connectivity index (χ2n) is 6.60. The third-order valence-corrected chi connectivity index (χ3v) is 4.75. The molecule has 2 heteroatoms. The van der Waals surface area contributed by atoms with Crippen molar-refractivity contribution in [3.05, 3.63) is 41.1 Å². The van der Waals surface area contributed by atoms with E-state index in [0.29, 0.717) is 0 Å². The van der Waals surface area contributed by atoms with E-state index in [1.54, 1.807) is 11.3 Å². The van der Waals surface area contributed by atoms with Gasteiger partial charge in [-0.25, -0.2) is 0 Å². The minimum atomic E-state index is 0.754. The molecule has 120 valence electrons. The molecule has 1 aromatic carbocycles. The van der Waals surface area contributed by atoms with Crippen molar-refractivity contribution in [1.82, 2.24) is 0 Å². The van der Waals surface area contributed by atoms with Crippen LogP contribution in [0.3, 0.4) is 0 Å². The summed E-state index contributed by atoms with van der Waals surface area (Å²) in [6.45, 7) is 7.76. The number of hydrogen-bond donors (Lipinski definition) is 0. The van der Waals surface area contributed by atoms with E-state index in [1.807, 2.05) is 0 Å². The lowest BCUT2D eigenvalue weighted by Gasteiger charge is -2.13. The third kappa shape index (κ3) is 5.84. The number of rotatable bonds is 9. The van der Waals surface area contributed by atoms with E-state index in [0.717, 1.165) is 30.6 Å². The van der Waals surface area contributed by atoms with Gasteiger partial charge in [-0.05, 0) is 58.3 Å². The molecule has 2 rings (SSSR count). The molecule has 0 saturated carbocycles. The van der Waals surface area contributed by atoms with E-state index < -0.39 is 0 Å². The van der Waals surface area contributed by atoms with E-state index in [9.17, 15) is 0 Å². The van der Waals surface area contributed by atoms with Crippen LogP contribution < -0.4 is 4.74 Å². The lowest BCUT2D eigenvalue weighted by molar-refractivity contribution is 0.276. The maximum absolute atomic E-state index is 5.88. The van der Waals surface area contributed by atoms with Crippen LogP contribution in [0.4, 0.5) is 0 Å². The highest BCUT2D eigenvalue weighted by atomic mass is 32.1. The van der Waals surface area contributed by atoms with Gasteiger partial charge in [-0.15, -0.1) is 0 Å². The van der Waals surface area contributed by atoms with Gasteiger partial charge >= 0.3 is 0 Å². The summed E-state index contributed by atoms with van der Waals surface area (Å²) in [5.74, 6) is 2.56. The molecular formula is C20H28OS. The van der Waals surface area contributed by atoms with E-state index in [2.05, 4.69) is 61.9 Å². The first-order chi connectivity index (χ1) is 10.6. The van der Waals surface area contributed by atoms with Gasteiger partial charge < -0.3 is 4.74 Å². The molecule has 0 saturated heterocycles. The van der Waals surface area contributed by atoms with Gasteiger partial charge in [-0.1, -0.05) is 52.2 Å². The van der Waals surface area contributed by atoms with Crippen molar-refractivity contribution in [2.45, 2.75) is 46.5 Å². The summed E-state index contributed by atoms with van der Waals surface area (Å²) < 4.78 is 5.88. The van der Waals surface area contributed by atoms with Crippen LogP contribution in [0.2, 0.25) is 0 Å². The number of benzene rings is 1. The highest BCUT2D eigenvalue weighted by molar-refractivity contribution is 7.08. The number of thiophene rings is 1. The Morgan fingerprint density at radius 2 is 1.68 bits per heavy atom. The minimum absolute atomic E-state index is 0.754. The zero-order chi connectivity index (χ0) is 15.8. The van der Waals surface area contributed by atoms with Crippen LogP contribution >= 0.6 is 11.3 Å². The Morgan fingerprint density at radius 3 is 2.32 bits per heavy atom. The van der Waals surface area contributed by atoms with Crippen molar-refractivity contribution in [2.75, 3.05) is 6.61 Å². The summed E-state index contributed by atoms with van der Waals surface area (Å²) in [4.78, 5) is 0. The zero-order valence-corrected chi connectivity index (χ0v) is 14.9. The second-order valence-corrected chi connectivity index (χ2v) is 7.38. The van der Waals surface area contributed by atoms with Crippen molar-refractivity contribution < 1.29 is 4.74 Å². The lowest BCUT2D eigenvalue weighted by Crippen LogP contribution is -2.04. The quantitative estimate of drug-likeness (QED) is 0.503. The first-order valence-corrected chi connectivity index (χ1v) is 9.35. The van der Waals surface area contributed by atoms with Gasteiger partial charge in [0.2, 0.25) is 0 Å². The predicted molar refractivity (Wildman–Crippen MR) is 97.7 cm³/mol. The molecule has 0 bridgehead atoms. The van der Waals surface area contributed by atoms with Crippen molar-refractivity contribution in [3.8, 4) is 16.9 Å². The molecule has 1 unspecified atom stereocenters. The minimum Gasteiger partial charge on any atom is -0.494 e. The summed E-state index contributed by atoms with van der Waals surface area (Å²) >= 11 is 1.73. The fourth-order valence-electron chi connectivity index (χ4n) is 2.57. The molecule has 0 radical (unpaired) electrons. The summed E-state index contributed by atoms with van der Waals surface area (Å²) in [5.41, 5.74) is 2.55. The van der Waals surface area contributed by atoms with Crippen LogP contribution in [-0.2, 0) is 0 Å². The summed E-state index contributed by atoms with van der Waals surface area (Å²) in [6, 6.07) is 10.6. The van der Waals surface area contributed by atoms with E-state index >= 15 is 0 Å². The lowest BCUT2D eigenvalue weighted by atomic mass is 9.98. The molecule has 1 aromatic heterocycles. The second kappa shape index (κ2) is 8.99. The maximum atomic E-state index is 5.88. The Balaban J connectivity index is 1.69. The smallest absolute Gasteiger partial charge is 0.119 e. The highest BCUT2D eigenvalue weighted by Crippen LogP contribution is 2.24. The van der Waals surface area contributed by atoms with Crippen LogP contribution in [0.5, 0.6) is 5.75 Å². The molecule has 1 heterocycles. The molecule has 1 nitrogen and oxygen atoms in total. The molecular weight excluding hydrogens is 288 g/mol. The molecule has 0 spiro atoms. The average Bonchev–Trinajstić information content (AvgIpc) is 3.02. The Bertz CT molecular complexity index is 513. The van der Waals surface area contributed by atoms with Gasteiger partial charge in [0, 0.05) is 0 Å². The van der Waals surface area contributed by atoms with Crippen molar-refractivity contribution in [3.63, 3.8) is 0 Å². The monoisotopic (exact) mass is 316 g/mol. The Hall–Kier alpha value is -1.28. The van der Waals surface area contributed by atoms with Gasteiger partial charge in [-0.3, -0.25) is 0 Å². The average molecular weight is 317 g/mol. The van der Waals surface area contributed by atoms with Crippen LogP contribution in [0.15, 0.2) is 41.1 Å². The molecule has 0 aliphatic rings. The van der Waals surface area contributed by atoms with Crippen LogP contribution in [0.1, 0.15) is 46.5 Å². The standard InChI is InChI=1S/C20H28OS/c1-16(2)5-4-6-17(3)11-13-21-20-9-7-18(8-10-20)19-12-14-22-15-19/h7-10,12,14-17H,4-6,11,13H2,1-3H3. The van der Waals surface area contributed by atoms with Gasteiger partial charge in [0.15, 0.2) is 0 Å². The molecule has 22 heavy (non-hydrogen) atoms. The topological polar surface area (TPSA) is 9.23 Å². The van der Waals surface area contributed by atoms with Gasteiger partial charge in [0.1, 0.15) is 5.75 Å². The molecule has 2 aromatic rings. The Morgan fingerprint density at radius 1 is 0.909 bits per heavy atom.